The number of amides is 1. The third-order valence-corrected chi connectivity index (χ3v) is 3.89. The first-order valence-corrected chi connectivity index (χ1v) is 7.51. The number of carbonyl (C=O) groups is 2. The van der Waals surface area contributed by atoms with Gasteiger partial charge >= 0.3 is 12.1 Å². The lowest BCUT2D eigenvalue weighted by Crippen LogP contribution is -2.27. The van der Waals surface area contributed by atoms with Crippen LogP contribution in [-0.4, -0.2) is 22.8 Å². The highest BCUT2D eigenvalue weighted by molar-refractivity contribution is 6.33. The zero-order valence-corrected chi connectivity index (χ0v) is 13.7. The van der Waals surface area contributed by atoms with Gasteiger partial charge in [0.25, 0.3) is 0 Å². The molecule has 0 atom stereocenters. The SMILES string of the molecule is CC(C)(C)OC(=O)Nc1cc(C2(CC(=O)O)CC2)ccc1Cl. The molecule has 0 spiro atoms. The lowest BCUT2D eigenvalue weighted by Gasteiger charge is -2.21. The minimum absolute atomic E-state index is 0.0838. The fourth-order valence-corrected chi connectivity index (χ4v) is 2.54. The Balaban J connectivity index is 2.18. The summed E-state index contributed by atoms with van der Waals surface area (Å²) in [5, 5.41) is 12.0. The summed E-state index contributed by atoms with van der Waals surface area (Å²) in [5.41, 5.74) is 0.381. The molecule has 6 heteroatoms. The van der Waals surface area contributed by atoms with Crippen LogP contribution in [0.2, 0.25) is 5.02 Å². The Kier molecular flexibility index (Phi) is 4.38. The van der Waals surface area contributed by atoms with Gasteiger partial charge in [0.2, 0.25) is 0 Å². The van der Waals surface area contributed by atoms with E-state index in [2.05, 4.69) is 5.32 Å². The summed E-state index contributed by atoms with van der Waals surface area (Å²) in [4.78, 5) is 22.8. The minimum atomic E-state index is -0.825. The largest absolute Gasteiger partial charge is 0.481 e. The van der Waals surface area contributed by atoms with Gasteiger partial charge in [-0.25, -0.2) is 4.79 Å². The summed E-state index contributed by atoms with van der Waals surface area (Å²) in [5.74, 6) is -0.825. The first-order valence-electron chi connectivity index (χ1n) is 7.13. The maximum Gasteiger partial charge on any atom is 0.412 e. The molecule has 2 N–H and O–H groups in total. The van der Waals surface area contributed by atoms with E-state index in [1.54, 1.807) is 32.9 Å². The fourth-order valence-electron chi connectivity index (χ4n) is 2.37. The van der Waals surface area contributed by atoms with Gasteiger partial charge in [0.05, 0.1) is 17.1 Å². The van der Waals surface area contributed by atoms with Gasteiger partial charge in [0, 0.05) is 5.41 Å². The van der Waals surface area contributed by atoms with Crippen molar-refractivity contribution in [1.29, 1.82) is 0 Å². The van der Waals surface area contributed by atoms with Gasteiger partial charge in [-0.05, 0) is 51.3 Å². The van der Waals surface area contributed by atoms with E-state index in [-0.39, 0.29) is 11.8 Å². The van der Waals surface area contributed by atoms with Gasteiger partial charge in [-0.2, -0.15) is 0 Å². The molecule has 1 fully saturated rings. The molecule has 0 bridgehead atoms. The number of rotatable bonds is 4. The second-order valence-electron chi connectivity index (χ2n) is 6.67. The Morgan fingerprint density at radius 3 is 2.50 bits per heavy atom. The third-order valence-electron chi connectivity index (χ3n) is 3.56. The van der Waals surface area contributed by atoms with Crippen LogP contribution in [0.25, 0.3) is 0 Å². The van der Waals surface area contributed by atoms with Crippen molar-refractivity contribution in [3.8, 4) is 0 Å². The number of nitrogens with one attached hydrogen (secondary N) is 1. The molecular formula is C16H20ClNO4. The minimum Gasteiger partial charge on any atom is -0.481 e. The number of ether oxygens (including phenoxy) is 1. The van der Waals surface area contributed by atoms with Crippen molar-refractivity contribution in [2.24, 2.45) is 0 Å². The highest BCUT2D eigenvalue weighted by Crippen LogP contribution is 2.51. The molecule has 22 heavy (non-hydrogen) atoms. The van der Waals surface area contributed by atoms with E-state index >= 15 is 0 Å². The van der Waals surface area contributed by atoms with Crippen LogP contribution in [0.5, 0.6) is 0 Å². The van der Waals surface area contributed by atoms with Crippen LogP contribution in [0.3, 0.4) is 0 Å². The molecule has 1 amide bonds. The van der Waals surface area contributed by atoms with Crippen molar-refractivity contribution >= 4 is 29.4 Å². The van der Waals surface area contributed by atoms with E-state index in [1.807, 2.05) is 6.07 Å². The standard InChI is InChI=1S/C16H20ClNO4/c1-15(2,3)22-14(21)18-12-8-10(4-5-11(12)17)16(6-7-16)9-13(19)20/h4-5,8H,6-7,9H2,1-3H3,(H,18,21)(H,19,20). The number of aliphatic carboxylic acids is 1. The summed E-state index contributed by atoms with van der Waals surface area (Å²) in [6, 6.07) is 5.23. The molecule has 1 saturated carbocycles. The predicted molar refractivity (Wildman–Crippen MR) is 84.5 cm³/mol. The van der Waals surface area contributed by atoms with Crippen molar-refractivity contribution in [1.82, 2.24) is 0 Å². The number of hydrogen-bond donors (Lipinski definition) is 2. The molecule has 1 aromatic carbocycles. The number of carboxylic acids is 1. The van der Waals surface area contributed by atoms with Crippen molar-refractivity contribution in [3.05, 3.63) is 28.8 Å². The zero-order chi connectivity index (χ0) is 16.5. The Labute approximate surface area is 134 Å². The monoisotopic (exact) mass is 325 g/mol. The molecule has 1 aliphatic carbocycles. The first kappa shape index (κ1) is 16.6. The van der Waals surface area contributed by atoms with Crippen molar-refractivity contribution in [3.63, 3.8) is 0 Å². The number of benzene rings is 1. The predicted octanol–water partition coefficient (Wildman–Crippen LogP) is 4.19. The number of carboxylic acid groups (broad SMARTS) is 1. The molecule has 0 aliphatic heterocycles. The normalized spacial score (nSPS) is 16.0. The first-order chi connectivity index (χ1) is 10.1. The van der Waals surface area contributed by atoms with Gasteiger partial charge in [-0.15, -0.1) is 0 Å². The van der Waals surface area contributed by atoms with Crippen LogP contribution < -0.4 is 5.32 Å². The van der Waals surface area contributed by atoms with E-state index in [0.717, 1.165) is 18.4 Å². The second kappa shape index (κ2) is 5.80. The Morgan fingerprint density at radius 1 is 1.36 bits per heavy atom. The molecule has 120 valence electrons. The molecule has 0 aromatic heterocycles. The molecule has 0 saturated heterocycles. The maximum atomic E-state index is 11.8. The van der Waals surface area contributed by atoms with E-state index in [9.17, 15) is 9.59 Å². The fraction of sp³-hybridized carbons (Fsp3) is 0.500. The third kappa shape index (κ3) is 4.13. The molecule has 0 heterocycles. The Bertz CT molecular complexity index is 603. The average Bonchev–Trinajstić information content (AvgIpc) is 3.09. The van der Waals surface area contributed by atoms with E-state index < -0.39 is 17.7 Å². The van der Waals surface area contributed by atoms with E-state index in [4.69, 9.17) is 21.4 Å². The van der Waals surface area contributed by atoms with Gasteiger partial charge in [0.1, 0.15) is 5.60 Å². The maximum absolute atomic E-state index is 11.8. The summed E-state index contributed by atoms with van der Waals surface area (Å²) in [7, 11) is 0. The zero-order valence-electron chi connectivity index (χ0n) is 12.9. The average molecular weight is 326 g/mol. The highest BCUT2D eigenvalue weighted by atomic mass is 35.5. The molecule has 1 aromatic rings. The summed E-state index contributed by atoms with van der Waals surface area (Å²) in [6.07, 6.45) is 1.15. The van der Waals surface area contributed by atoms with Crippen LogP contribution in [0.4, 0.5) is 10.5 Å². The Hall–Kier alpha value is -1.75. The molecule has 0 radical (unpaired) electrons. The molecule has 5 nitrogen and oxygen atoms in total. The topological polar surface area (TPSA) is 75.6 Å². The van der Waals surface area contributed by atoms with Crippen molar-refractivity contribution in [2.75, 3.05) is 5.32 Å². The van der Waals surface area contributed by atoms with Crippen LogP contribution >= 0.6 is 11.6 Å². The summed E-state index contributed by atoms with van der Waals surface area (Å²) in [6.45, 7) is 5.32. The molecule has 2 rings (SSSR count). The van der Waals surface area contributed by atoms with Crippen LogP contribution in [0, 0.1) is 0 Å². The van der Waals surface area contributed by atoms with Crippen LogP contribution in [-0.2, 0) is 14.9 Å². The lowest BCUT2D eigenvalue weighted by molar-refractivity contribution is -0.137. The van der Waals surface area contributed by atoms with Crippen molar-refractivity contribution < 1.29 is 19.4 Å². The van der Waals surface area contributed by atoms with Crippen LogP contribution in [0.1, 0.15) is 45.6 Å². The van der Waals surface area contributed by atoms with E-state index in [1.165, 1.54) is 0 Å². The van der Waals surface area contributed by atoms with E-state index in [0.29, 0.717) is 10.7 Å². The highest BCUT2D eigenvalue weighted by Gasteiger charge is 2.46. The molecule has 0 unspecified atom stereocenters. The van der Waals surface area contributed by atoms with Gasteiger partial charge in [0.15, 0.2) is 0 Å². The van der Waals surface area contributed by atoms with Gasteiger partial charge in [-0.3, -0.25) is 10.1 Å². The smallest absolute Gasteiger partial charge is 0.412 e. The quantitative estimate of drug-likeness (QED) is 0.870. The summed E-state index contributed by atoms with van der Waals surface area (Å²) >= 11 is 6.10. The summed E-state index contributed by atoms with van der Waals surface area (Å²) < 4.78 is 5.20. The van der Waals surface area contributed by atoms with Gasteiger partial charge < -0.3 is 9.84 Å². The number of carbonyl (C=O) groups excluding carboxylic acids is 1. The second-order valence-corrected chi connectivity index (χ2v) is 7.08. The van der Waals surface area contributed by atoms with Crippen molar-refractivity contribution in [2.45, 2.75) is 51.0 Å². The van der Waals surface area contributed by atoms with Crippen LogP contribution in [0.15, 0.2) is 18.2 Å². The number of hydrogen-bond acceptors (Lipinski definition) is 3. The lowest BCUT2D eigenvalue weighted by atomic mass is 9.92. The Morgan fingerprint density at radius 2 is 2.00 bits per heavy atom. The number of anilines is 1. The van der Waals surface area contributed by atoms with Gasteiger partial charge in [-0.1, -0.05) is 17.7 Å². The number of halogens is 1. The molecular weight excluding hydrogens is 306 g/mol. The molecule has 1 aliphatic rings.